The molecule has 1 saturated heterocycles. The van der Waals surface area contributed by atoms with E-state index in [1.165, 1.54) is 0 Å². The molecule has 0 unspecified atom stereocenters. The second-order valence-corrected chi connectivity index (χ2v) is 6.75. The van der Waals surface area contributed by atoms with Gasteiger partial charge in [0, 0.05) is 24.7 Å². The highest BCUT2D eigenvalue weighted by Gasteiger charge is 2.34. The molecule has 5 nitrogen and oxygen atoms in total. The van der Waals surface area contributed by atoms with Gasteiger partial charge in [-0.15, -0.1) is 0 Å². The molecule has 1 amide bonds. The lowest BCUT2D eigenvalue weighted by atomic mass is 10.2. The molecule has 1 fully saturated rings. The molecule has 6 heteroatoms. The fourth-order valence-electron chi connectivity index (χ4n) is 2.89. The summed E-state index contributed by atoms with van der Waals surface area (Å²) in [4.78, 5) is 14.5. The second-order valence-electron chi connectivity index (χ2n) is 6.34. The summed E-state index contributed by atoms with van der Waals surface area (Å²) in [7, 11) is 0. The number of rotatable bonds is 4. The van der Waals surface area contributed by atoms with Gasteiger partial charge < -0.3 is 14.8 Å². The molecule has 2 atom stereocenters. The third-order valence-electron chi connectivity index (χ3n) is 4.33. The number of hydrogen-bond acceptors (Lipinski definition) is 4. The Labute approximate surface area is 146 Å². The van der Waals surface area contributed by atoms with Crippen LogP contribution in [0.4, 0.5) is 0 Å². The molecular formula is C18H21ClN2O3. The predicted octanol–water partition coefficient (Wildman–Crippen LogP) is 2.78. The van der Waals surface area contributed by atoms with Crippen LogP contribution in [0.2, 0.25) is 5.02 Å². The number of nitrogens with zero attached hydrogens (tertiary/aromatic N) is 1. The first-order valence-electron chi connectivity index (χ1n) is 8.03. The van der Waals surface area contributed by atoms with Gasteiger partial charge >= 0.3 is 0 Å². The van der Waals surface area contributed by atoms with Crippen molar-refractivity contribution in [2.75, 3.05) is 13.1 Å². The zero-order valence-electron chi connectivity index (χ0n) is 13.7. The van der Waals surface area contributed by atoms with Crippen molar-refractivity contribution in [1.82, 2.24) is 10.2 Å². The lowest BCUT2D eigenvalue weighted by Gasteiger charge is -2.19. The SMILES string of the molecule is CC(C)N1C[C@H](NC(=O)c2ccc(-c3ccccc3Cl)o2)[C@@H](O)C1. The topological polar surface area (TPSA) is 65.7 Å². The van der Waals surface area contributed by atoms with E-state index in [-0.39, 0.29) is 17.7 Å². The van der Waals surface area contributed by atoms with E-state index >= 15 is 0 Å². The minimum atomic E-state index is -0.575. The van der Waals surface area contributed by atoms with E-state index in [9.17, 15) is 9.90 Å². The monoisotopic (exact) mass is 348 g/mol. The van der Waals surface area contributed by atoms with E-state index in [2.05, 4.69) is 24.1 Å². The number of hydrogen-bond donors (Lipinski definition) is 2. The van der Waals surface area contributed by atoms with Crippen molar-refractivity contribution in [3.05, 3.63) is 47.2 Å². The number of carbonyl (C=O) groups is 1. The maximum Gasteiger partial charge on any atom is 0.287 e. The Bertz CT molecular complexity index is 729. The molecule has 1 aromatic heterocycles. The first kappa shape index (κ1) is 17.0. The number of aliphatic hydroxyl groups excluding tert-OH is 1. The Morgan fingerprint density at radius 3 is 2.71 bits per heavy atom. The number of benzene rings is 1. The summed E-state index contributed by atoms with van der Waals surface area (Å²) in [6.07, 6.45) is -0.575. The van der Waals surface area contributed by atoms with Crippen LogP contribution in [0.5, 0.6) is 0 Å². The van der Waals surface area contributed by atoms with Crippen LogP contribution in [-0.2, 0) is 0 Å². The molecule has 0 saturated carbocycles. The third-order valence-corrected chi connectivity index (χ3v) is 4.66. The maximum atomic E-state index is 12.4. The van der Waals surface area contributed by atoms with E-state index in [1.54, 1.807) is 18.2 Å². The van der Waals surface area contributed by atoms with Crippen LogP contribution in [0.25, 0.3) is 11.3 Å². The molecule has 1 aliphatic rings. The van der Waals surface area contributed by atoms with Crippen LogP contribution in [0.1, 0.15) is 24.4 Å². The van der Waals surface area contributed by atoms with Crippen molar-refractivity contribution in [2.45, 2.75) is 32.0 Å². The van der Waals surface area contributed by atoms with Crippen LogP contribution in [0.15, 0.2) is 40.8 Å². The van der Waals surface area contributed by atoms with Crippen LogP contribution in [0, 0.1) is 0 Å². The van der Waals surface area contributed by atoms with Gasteiger partial charge in [-0.05, 0) is 38.1 Å². The number of aliphatic hydroxyl groups is 1. The van der Waals surface area contributed by atoms with Crippen LogP contribution >= 0.6 is 11.6 Å². The van der Waals surface area contributed by atoms with E-state index in [4.69, 9.17) is 16.0 Å². The van der Waals surface area contributed by atoms with Gasteiger partial charge in [-0.3, -0.25) is 9.69 Å². The normalized spacial score (nSPS) is 21.4. The first-order chi connectivity index (χ1) is 11.5. The van der Waals surface area contributed by atoms with Gasteiger partial charge in [-0.1, -0.05) is 23.7 Å². The molecular weight excluding hydrogens is 328 g/mol. The summed E-state index contributed by atoms with van der Waals surface area (Å²) in [5, 5.41) is 13.5. The minimum Gasteiger partial charge on any atom is -0.451 e. The van der Waals surface area contributed by atoms with E-state index in [0.717, 1.165) is 5.56 Å². The fourth-order valence-corrected chi connectivity index (χ4v) is 3.11. The molecule has 2 heterocycles. The largest absolute Gasteiger partial charge is 0.451 e. The van der Waals surface area contributed by atoms with Crippen molar-refractivity contribution in [3.8, 4) is 11.3 Å². The van der Waals surface area contributed by atoms with Crippen LogP contribution < -0.4 is 5.32 Å². The van der Waals surface area contributed by atoms with Gasteiger partial charge in [0.25, 0.3) is 5.91 Å². The highest BCUT2D eigenvalue weighted by atomic mass is 35.5. The highest BCUT2D eigenvalue weighted by molar-refractivity contribution is 6.33. The van der Waals surface area contributed by atoms with Crippen molar-refractivity contribution in [3.63, 3.8) is 0 Å². The van der Waals surface area contributed by atoms with Crippen LogP contribution in [0.3, 0.4) is 0 Å². The van der Waals surface area contributed by atoms with Gasteiger partial charge in [0.05, 0.1) is 17.2 Å². The van der Waals surface area contributed by atoms with Crippen molar-refractivity contribution >= 4 is 17.5 Å². The molecule has 24 heavy (non-hydrogen) atoms. The molecule has 2 aromatic rings. The molecule has 128 valence electrons. The summed E-state index contributed by atoms with van der Waals surface area (Å²) in [6, 6.07) is 10.7. The summed E-state index contributed by atoms with van der Waals surface area (Å²) in [6.45, 7) is 5.33. The summed E-state index contributed by atoms with van der Waals surface area (Å²) < 4.78 is 5.64. The quantitative estimate of drug-likeness (QED) is 0.891. The lowest BCUT2D eigenvalue weighted by molar-refractivity contribution is 0.0862. The Morgan fingerprint density at radius 1 is 1.29 bits per heavy atom. The van der Waals surface area contributed by atoms with E-state index in [0.29, 0.717) is 29.9 Å². The second kappa shape index (κ2) is 6.97. The molecule has 0 bridgehead atoms. The molecule has 0 radical (unpaired) electrons. The van der Waals surface area contributed by atoms with Gasteiger partial charge in [-0.2, -0.15) is 0 Å². The van der Waals surface area contributed by atoms with Crippen molar-refractivity contribution in [1.29, 1.82) is 0 Å². The smallest absolute Gasteiger partial charge is 0.287 e. The molecule has 2 N–H and O–H groups in total. The van der Waals surface area contributed by atoms with Crippen molar-refractivity contribution in [2.24, 2.45) is 0 Å². The number of likely N-dealkylation sites (tertiary alicyclic amines) is 1. The average molecular weight is 349 g/mol. The third kappa shape index (κ3) is 3.48. The van der Waals surface area contributed by atoms with Crippen molar-refractivity contribution < 1.29 is 14.3 Å². The van der Waals surface area contributed by atoms with Gasteiger partial charge in [-0.25, -0.2) is 0 Å². The zero-order valence-corrected chi connectivity index (χ0v) is 14.5. The average Bonchev–Trinajstić information content (AvgIpc) is 3.16. The number of carbonyl (C=O) groups excluding carboxylic acids is 1. The van der Waals surface area contributed by atoms with E-state index < -0.39 is 6.10 Å². The number of amides is 1. The Hall–Kier alpha value is -1.82. The highest BCUT2D eigenvalue weighted by Crippen LogP contribution is 2.29. The molecule has 3 rings (SSSR count). The number of halogens is 1. The van der Waals surface area contributed by atoms with Gasteiger partial charge in [0.15, 0.2) is 5.76 Å². The standard InChI is InChI=1S/C18H21ClN2O3/c1-11(2)21-9-14(15(22)10-21)20-18(23)17-8-7-16(24-17)12-5-3-4-6-13(12)19/h3-8,11,14-15,22H,9-10H2,1-2H3,(H,20,23)/t14-,15-/m0/s1. The Kier molecular flexibility index (Phi) is 4.94. The summed E-state index contributed by atoms with van der Waals surface area (Å²) >= 11 is 6.15. The van der Waals surface area contributed by atoms with E-state index in [1.807, 2.05) is 18.2 Å². The number of nitrogens with one attached hydrogen (secondary N) is 1. The predicted molar refractivity (Wildman–Crippen MR) is 93.1 cm³/mol. The molecule has 0 spiro atoms. The zero-order chi connectivity index (χ0) is 17.3. The maximum absolute atomic E-state index is 12.4. The molecule has 1 aliphatic heterocycles. The summed E-state index contributed by atoms with van der Waals surface area (Å²) in [5.74, 6) is 0.421. The number of furan rings is 1. The summed E-state index contributed by atoms with van der Waals surface area (Å²) in [5.41, 5.74) is 0.741. The Morgan fingerprint density at radius 2 is 2.04 bits per heavy atom. The van der Waals surface area contributed by atoms with Gasteiger partial charge in [0.2, 0.25) is 0 Å². The minimum absolute atomic E-state index is 0.208. The Balaban J connectivity index is 1.70. The van der Waals surface area contributed by atoms with Crippen LogP contribution in [-0.4, -0.2) is 47.2 Å². The molecule has 0 aliphatic carbocycles. The van der Waals surface area contributed by atoms with Gasteiger partial charge in [0.1, 0.15) is 5.76 Å². The lowest BCUT2D eigenvalue weighted by Crippen LogP contribution is -2.43. The first-order valence-corrected chi connectivity index (χ1v) is 8.41. The fraction of sp³-hybridized carbons (Fsp3) is 0.389. The molecule has 1 aromatic carbocycles. The number of β-amino-alcohol motifs (C(OH)–C–C–N with tert-alkyl or cyclic N) is 1.